The predicted molar refractivity (Wildman–Crippen MR) is 98.4 cm³/mol. The molecule has 5 heteroatoms. The van der Waals surface area contributed by atoms with Crippen LogP contribution in [-0.4, -0.2) is 28.2 Å². The summed E-state index contributed by atoms with van der Waals surface area (Å²) in [5.74, 6) is 0.511. The fourth-order valence-corrected chi connectivity index (χ4v) is 3.44. The summed E-state index contributed by atoms with van der Waals surface area (Å²) in [6, 6.07) is 0.177. The maximum atomic E-state index is 12.1. The fourth-order valence-electron chi connectivity index (χ4n) is 3.44. The molecule has 2 atom stereocenters. The number of aromatic nitrogens is 2. The van der Waals surface area contributed by atoms with E-state index in [2.05, 4.69) is 43.0 Å². The molecule has 2 amide bonds. The molecule has 1 aliphatic carbocycles. The molecule has 2 N–H and O–H groups in total. The van der Waals surface area contributed by atoms with Gasteiger partial charge in [0.25, 0.3) is 0 Å². The van der Waals surface area contributed by atoms with E-state index in [0.29, 0.717) is 17.9 Å². The third-order valence-electron chi connectivity index (χ3n) is 4.79. The highest BCUT2D eigenvalue weighted by Crippen LogP contribution is 2.38. The molecule has 2 unspecified atom stereocenters. The van der Waals surface area contributed by atoms with Gasteiger partial charge in [-0.25, -0.2) is 9.78 Å². The van der Waals surface area contributed by atoms with Crippen molar-refractivity contribution in [2.24, 2.45) is 11.3 Å². The van der Waals surface area contributed by atoms with Crippen molar-refractivity contribution in [2.45, 2.75) is 53.0 Å². The first kappa shape index (κ1) is 18.3. The Balaban J connectivity index is 1.78. The van der Waals surface area contributed by atoms with Gasteiger partial charge in [0.1, 0.15) is 0 Å². The average Bonchev–Trinajstić information content (AvgIpc) is 3.02. The van der Waals surface area contributed by atoms with Gasteiger partial charge >= 0.3 is 6.03 Å². The van der Waals surface area contributed by atoms with Crippen LogP contribution < -0.4 is 10.6 Å². The Morgan fingerprint density at radius 1 is 1.50 bits per heavy atom. The van der Waals surface area contributed by atoms with Crippen molar-refractivity contribution in [3.8, 4) is 0 Å². The zero-order valence-electron chi connectivity index (χ0n) is 15.3. The van der Waals surface area contributed by atoms with Crippen LogP contribution in [0.25, 0.3) is 5.70 Å². The van der Waals surface area contributed by atoms with Crippen LogP contribution in [0.5, 0.6) is 0 Å². The minimum atomic E-state index is -0.0902. The van der Waals surface area contributed by atoms with Gasteiger partial charge < -0.3 is 15.2 Å². The number of rotatable bonds is 5. The first-order valence-electron chi connectivity index (χ1n) is 8.65. The minimum Gasteiger partial charge on any atom is -0.335 e. The fraction of sp³-hybridized carbons (Fsp3) is 0.579. The van der Waals surface area contributed by atoms with Gasteiger partial charge in [-0.2, -0.15) is 0 Å². The highest BCUT2D eigenvalue weighted by molar-refractivity contribution is 5.74. The van der Waals surface area contributed by atoms with Crippen LogP contribution in [0.4, 0.5) is 4.79 Å². The van der Waals surface area contributed by atoms with Crippen LogP contribution in [0.3, 0.4) is 0 Å². The van der Waals surface area contributed by atoms with Crippen molar-refractivity contribution in [2.75, 3.05) is 6.54 Å². The van der Waals surface area contributed by atoms with Crippen molar-refractivity contribution in [1.82, 2.24) is 20.2 Å². The number of carbonyl (C=O) groups is 1. The van der Waals surface area contributed by atoms with E-state index in [4.69, 9.17) is 0 Å². The average molecular weight is 330 g/mol. The van der Waals surface area contributed by atoms with Crippen LogP contribution in [0, 0.1) is 11.3 Å². The molecule has 132 valence electrons. The zero-order chi connectivity index (χ0) is 17.7. The summed E-state index contributed by atoms with van der Waals surface area (Å²) < 4.78 is 1.84. The summed E-state index contributed by atoms with van der Waals surface area (Å²) in [6.07, 6.45) is 10.6. The summed E-state index contributed by atoms with van der Waals surface area (Å²) in [5.41, 5.74) is 2.26. The number of nitrogens with zero attached hydrogens (tertiary/aromatic N) is 2. The lowest BCUT2D eigenvalue weighted by Gasteiger charge is -2.39. The highest BCUT2D eigenvalue weighted by atomic mass is 16.2. The van der Waals surface area contributed by atoms with Gasteiger partial charge in [0, 0.05) is 30.7 Å². The largest absolute Gasteiger partial charge is 0.335 e. The molecule has 0 bridgehead atoms. The Hall–Kier alpha value is -2.04. The van der Waals surface area contributed by atoms with Crippen molar-refractivity contribution >= 4 is 11.7 Å². The summed E-state index contributed by atoms with van der Waals surface area (Å²) in [5, 5.41) is 6.07. The second kappa shape index (κ2) is 7.69. The van der Waals surface area contributed by atoms with Gasteiger partial charge in [-0.3, -0.25) is 0 Å². The van der Waals surface area contributed by atoms with Crippen molar-refractivity contribution < 1.29 is 4.79 Å². The second-order valence-corrected chi connectivity index (χ2v) is 7.77. The molecule has 0 aromatic carbocycles. The molecule has 1 fully saturated rings. The number of hydrogen-bond acceptors (Lipinski definition) is 2. The molecule has 0 saturated heterocycles. The Morgan fingerprint density at radius 2 is 2.25 bits per heavy atom. The predicted octanol–water partition coefficient (Wildman–Crippen LogP) is 3.81. The lowest BCUT2D eigenvalue weighted by Crippen LogP contribution is -2.48. The first-order valence-corrected chi connectivity index (χ1v) is 8.65. The maximum absolute atomic E-state index is 12.1. The number of carbonyl (C=O) groups excluding carboxylic acids is 1. The molecular formula is C19H30N4O. The van der Waals surface area contributed by atoms with E-state index in [9.17, 15) is 4.79 Å². The first-order chi connectivity index (χ1) is 11.3. The number of imidazole rings is 1. The smallest absolute Gasteiger partial charge is 0.315 e. The van der Waals surface area contributed by atoms with E-state index in [0.717, 1.165) is 30.5 Å². The number of amides is 2. The van der Waals surface area contributed by atoms with Gasteiger partial charge in [0.05, 0.1) is 6.33 Å². The Labute approximate surface area is 145 Å². The summed E-state index contributed by atoms with van der Waals surface area (Å²) in [4.78, 5) is 16.2. The van der Waals surface area contributed by atoms with Crippen LogP contribution >= 0.6 is 0 Å². The van der Waals surface area contributed by atoms with Crippen molar-refractivity contribution in [3.63, 3.8) is 0 Å². The Bertz CT molecular complexity index is 601. The van der Waals surface area contributed by atoms with Gasteiger partial charge in [0.2, 0.25) is 0 Å². The molecule has 1 aromatic rings. The van der Waals surface area contributed by atoms with E-state index in [1.165, 1.54) is 0 Å². The lowest BCUT2D eigenvalue weighted by atomic mass is 9.70. The quantitative estimate of drug-likeness (QED) is 0.807. The number of hydrogen-bond donors (Lipinski definition) is 2. The van der Waals surface area contributed by atoms with Crippen LogP contribution in [0.1, 0.15) is 47.0 Å². The minimum absolute atomic E-state index is 0.0902. The number of allylic oxidation sites excluding steroid dienone is 2. The molecule has 0 spiro atoms. The molecule has 0 radical (unpaired) electrons. The standard InChI is InChI=1S/C19H30N4O/c1-14(10-16(3)23-9-8-20-13-23)12-21-18(24)22-17-6-7-19(4,5)11-15(17)2/h8-10,13,15,17H,3,6-7,11-12H2,1-2,4-5H3,(H2,21,22,24)/b14-10+. The summed E-state index contributed by atoms with van der Waals surface area (Å²) in [7, 11) is 0. The van der Waals surface area contributed by atoms with E-state index < -0.39 is 0 Å². The molecule has 1 aliphatic rings. The van der Waals surface area contributed by atoms with E-state index in [-0.39, 0.29) is 12.1 Å². The summed E-state index contributed by atoms with van der Waals surface area (Å²) >= 11 is 0. The topological polar surface area (TPSA) is 59.0 Å². The molecule has 1 aromatic heterocycles. The Morgan fingerprint density at radius 3 is 2.88 bits per heavy atom. The third kappa shape index (κ3) is 5.25. The lowest BCUT2D eigenvalue weighted by molar-refractivity contribution is 0.150. The van der Waals surface area contributed by atoms with E-state index >= 15 is 0 Å². The monoisotopic (exact) mass is 330 g/mol. The van der Waals surface area contributed by atoms with Gasteiger partial charge in [-0.1, -0.05) is 32.9 Å². The third-order valence-corrected chi connectivity index (χ3v) is 4.79. The zero-order valence-corrected chi connectivity index (χ0v) is 15.3. The molecule has 24 heavy (non-hydrogen) atoms. The van der Waals surface area contributed by atoms with Crippen LogP contribution in [0.2, 0.25) is 0 Å². The van der Waals surface area contributed by atoms with Crippen molar-refractivity contribution in [1.29, 1.82) is 0 Å². The molecule has 2 rings (SSSR count). The van der Waals surface area contributed by atoms with Crippen molar-refractivity contribution in [3.05, 3.63) is 36.9 Å². The van der Waals surface area contributed by atoms with Gasteiger partial charge in [-0.05, 0) is 43.6 Å². The molecule has 1 heterocycles. The maximum Gasteiger partial charge on any atom is 0.315 e. The Kier molecular flexibility index (Phi) is 5.86. The number of nitrogens with one attached hydrogen (secondary N) is 2. The molecule has 0 aliphatic heterocycles. The summed E-state index contributed by atoms with van der Waals surface area (Å²) in [6.45, 7) is 13.3. The van der Waals surface area contributed by atoms with Crippen LogP contribution in [-0.2, 0) is 0 Å². The second-order valence-electron chi connectivity index (χ2n) is 7.77. The van der Waals surface area contributed by atoms with E-state index in [1.807, 2.05) is 23.8 Å². The SMILES string of the molecule is C=C(/C=C(\C)CNC(=O)NC1CCC(C)(C)CC1C)n1ccnc1. The normalized spacial score (nSPS) is 23.6. The van der Waals surface area contributed by atoms with E-state index in [1.54, 1.807) is 12.5 Å². The highest BCUT2D eigenvalue weighted by Gasteiger charge is 2.32. The van der Waals surface area contributed by atoms with Gasteiger partial charge in [-0.15, -0.1) is 0 Å². The number of urea groups is 1. The van der Waals surface area contributed by atoms with Gasteiger partial charge in [0.15, 0.2) is 0 Å². The molecular weight excluding hydrogens is 300 g/mol. The molecule has 1 saturated carbocycles. The van der Waals surface area contributed by atoms with Crippen LogP contribution in [0.15, 0.2) is 36.9 Å². The molecule has 5 nitrogen and oxygen atoms in total.